The second-order valence-corrected chi connectivity index (χ2v) is 8.40. The minimum Gasteiger partial charge on any atom is -0.338 e. The zero-order valence-corrected chi connectivity index (χ0v) is 17.0. The highest BCUT2D eigenvalue weighted by atomic mass is 79.9. The topological polar surface area (TPSA) is 69.6 Å². The summed E-state index contributed by atoms with van der Waals surface area (Å²) in [6.07, 6.45) is 6.36. The van der Waals surface area contributed by atoms with Crippen molar-refractivity contribution in [3.8, 4) is 11.4 Å². The summed E-state index contributed by atoms with van der Waals surface area (Å²) in [7, 11) is 2.05. The Kier molecular flexibility index (Phi) is 5.40. The van der Waals surface area contributed by atoms with Crippen LogP contribution in [0.3, 0.4) is 0 Å². The minimum absolute atomic E-state index is 0.544. The van der Waals surface area contributed by atoms with Gasteiger partial charge in [0.1, 0.15) is 5.82 Å². The standard InChI is InChI=1S/C18H20BrN5OS/c1-24-17(13-5-3-2-4-6-13)21-22-18(24)26-11-15-20-16(23-25-15)12-7-9-14(19)10-8-12/h7-10,13H,2-6,11H2,1H3. The molecule has 0 spiro atoms. The van der Waals surface area contributed by atoms with Crippen LogP contribution in [0, 0.1) is 0 Å². The molecule has 3 aromatic rings. The predicted octanol–water partition coefficient (Wildman–Crippen LogP) is 4.97. The molecule has 0 aliphatic heterocycles. The Morgan fingerprint density at radius 3 is 2.69 bits per heavy atom. The Bertz CT molecular complexity index is 870. The van der Waals surface area contributed by atoms with E-state index in [4.69, 9.17) is 4.52 Å². The molecule has 2 aromatic heterocycles. The average molecular weight is 434 g/mol. The van der Waals surface area contributed by atoms with Gasteiger partial charge in [0.05, 0.1) is 5.75 Å². The fourth-order valence-corrected chi connectivity index (χ4v) is 4.34. The first kappa shape index (κ1) is 17.7. The summed E-state index contributed by atoms with van der Waals surface area (Å²) in [6, 6.07) is 7.86. The van der Waals surface area contributed by atoms with Crippen LogP contribution in [-0.4, -0.2) is 24.9 Å². The van der Waals surface area contributed by atoms with Crippen LogP contribution in [0.5, 0.6) is 0 Å². The van der Waals surface area contributed by atoms with Crippen LogP contribution < -0.4 is 0 Å². The molecule has 8 heteroatoms. The van der Waals surface area contributed by atoms with E-state index in [9.17, 15) is 0 Å². The smallest absolute Gasteiger partial charge is 0.237 e. The molecule has 1 aromatic carbocycles. The van der Waals surface area contributed by atoms with Crippen molar-refractivity contribution < 1.29 is 4.52 Å². The fourth-order valence-electron chi connectivity index (χ4n) is 3.32. The molecule has 0 bridgehead atoms. The molecule has 0 amide bonds. The second-order valence-electron chi connectivity index (χ2n) is 6.54. The van der Waals surface area contributed by atoms with Crippen LogP contribution >= 0.6 is 27.7 Å². The molecule has 1 aliphatic carbocycles. The Hall–Kier alpha value is -1.67. The van der Waals surface area contributed by atoms with Crippen molar-refractivity contribution in [2.45, 2.75) is 48.9 Å². The number of hydrogen-bond donors (Lipinski definition) is 0. The maximum Gasteiger partial charge on any atom is 0.237 e. The van der Waals surface area contributed by atoms with E-state index in [0.717, 1.165) is 21.0 Å². The zero-order valence-electron chi connectivity index (χ0n) is 14.6. The Morgan fingerprint density at radius 1 is 1.15 bits per heavy atom. The SMILES string of the molecule is Cn1c(SCc2nc(-c3ccc(Br)cc3)no2)nnc1C1CCCCC1. The molecule has 2 heterocycles. The first-order valence-electron chi connectivity index (χ1n) is 8.81. The largest absolute Gasteiger partial charge is 0.338 e. The van der Waals surface area contributed by atoms with Crippen molar-refractivity contribution in [3.05, 3.63) is 40.5 Å². The molecule has 6 nitrogen and oxygen atoms in total. The van der Waals surface area contributed by atoms with Crippen LogP contribution in [0.2, 0.25) is 0 Å². The molecule has 1 fully saturated rings. The third-order valence-electron chi connectivity index (χ3n) is 4.73. The lowest BCUT2D eigenvalue weighted by molar-refractivity contribution is 0.391. The van der Waals surface area contributed by atoms with Crippen molar-refractivity contribution in [3.63, 3.8) is 0 Å². The van der Waals surface area contributed by atoms with Gasteiger partial charge in [-0.1, -0.05) is 52.1 Å². The van der Waals surface area contributed by atoms with Crippen LogP contribution in [0.4, 0.5) is 0 Å². The quantitative estimate of drug-likeness (QED) is 0.529. The van der Waals surface area contributed by atoms with Gasteiger partial charge in [0.15, 0.2) is 5.16 Å². The lowest BCUT2D eigenvalue weighted by atomic mass is 9.89. The van der Waals surface area contributed by atoms with Gasteiger partial charge in [-0.05, 0) is 37.1 Å². The van der Waals surface area contributed by atoms with E-state index in [0.29, 0.717) is 23.4 Å². The van der Waals surface area contributed by atoms with E-state index in [2.05, 4.69) is 40.8 Å². The van der Waals surface area contributed by atoms with Crippen molar-refractivity contribution in [1.29, 1.82) is 0 Å². The summed E-state index contributed by atoms with van der Waals surface area (Å²) in [4.78, 5) is 4.48. The van der Waals surface area contributed by atoms with Crippen molar-refractivity contribution >= 4 is 27.7 Å². The average Bonchev–Trinajstić information content (AvgIpc) is 3.28. The molecule has 1 saturated carbocycles. The Morgan fingerprint density at radius 2 is 1.92 bits per heavy atom. The number of hydrogen-bond acceptors (Lipinski definition) is 6. The normalized spacial score (nSPS) is 15.5. The maximum atomic E-state index is 5.38. The lowest BCUT2D eigenvalue weighted by Gasteiger charge is -2.20. The molecule has 4 rings (SSSR count). The first-order chi connectivity index (χ1) is 12.7. The number of thioether (sulfide) groups is 1. The molecule has 0 unspecified atom stereocenters. The maximum absolute atomic E-state index is 5.38. The fraction of sp³-hybridized carbons (Fsp3) is 0.444. The van der Waals surface area contributed by atoms with E-state index in [1.807, 2.05) is 31.3 Å². The number of benzene rings is 1. The third kappa shape index (κ3) is 3.86. The van der Waals surface area contributed by atoms with Gasteiger partial charge in [-0.3, -0.25) is 0 Å². The van der Waals surface area contributed by atoms with E-state index in [1.54, 1.807) is 11.8 Å². The van der Waals surface area contributed by atoms with Gasteiger partial charge in [0.25, 0.3) is 0 Å². The Balaban J connectivity index is 1.41. The first-order valence-corrected chi connectivity index (χ1v) is 10.6. The molecule has 0 saturated heterocycles. The van der Waals surface area contributed by atoms with Crippen LogP contribution in [0.25, 0.3) is 11.4 Å². The summed E-state index contributed by atoms with van der Waals surface area (Å²) in [5.41, 5.74) is 0.937. The van der Waals surface area contributed by atoms with Crippen LogP contribution in [-0.2, 0) is 12.8 Å². The number of halogens is 1. The van der Waals surface area contributed by atoms with Gasteiger partial charge in [0.2, 0.25) is 11.7 Å². The molecule has 0 radical (unpaired) electrons. The molecular weight excluding hydrogens is 414 g/mol. The van der Waals surface area contributed by atoms with Crippen LogP contribution in [0.15, 0.2) is 38.4 Å². The van der Waals surface area contributed by atoms with Gasteiger partial charge in [-0.2, -0.15) is 4.98 Å². The van der Waals surface area contributed by atoms with Crippen LogP contribution in [0.1, 0.15) is 49.7 Å². The molecular formula is C18H20BrN5OS. The van der Waals surface area contributed by atoms with Gasteiger partial charge >= 0.3 is 0 Å². The van der Waals surface area contributed by atoms with Gasteiger partial charge < -0.3 is 9.09 Å². The highest BCUT2D eigenvalue weighted by Crippen LogP contribution is 2.33. The van der Waals surface area contributed by atoms with Crippen molar-refractivity contribution in [2.75, 3.05) is 0 Å². The monoisotopic (exact) mass is 433 g/mol. The molecule has 136 valence electrons. The van der Waals surface area contributed by atoms with Crippen molar-refractivity contribution in [1.82, 2.24) is 24.9 Å². The van der Waals surface area contributed by atoms with E-state index in [1.165, 1.54) is 32.1 Å². The van der Waals surface area contributed by atoms with Crippen molar-refractivity contribution in [2.24, 2.45) is 7.05 Å². The molecule has 26 heavy (non-hydrogen) atoms. The molecule has 0 atom stereocenters. The minimum atomic E-state index is 0.544. The highest BCUT2D eigenvalue weighted by Gasteiger charge is 2.22. The highest BCUT2D eigenvalue weighted by molar-refractivity contribution is 9.10. The summed E-state index contributed by atoms with van der Waals surface area (Å²) in [6.45, 7) is 0. The predicted molar refractivity (Wildman–Crippen MR) is 104 cm³/mol. The summed E-state index contributed by atoms with van der Waals surface area (Å²) in [5.74, 6) is 3.43. The van der Waals surface area contributed by atoms with E-state index >= 15 is 0 Å². The zero-order chi connectivity index (χ0) is 17.9. The summed E-state index contributed by atoms with van der Waals surface area (Å²) in [5, 5.41) is 13.8. The molecule has 0 N–H and O–H groups in total. The number of rotatable bonds is 5. The third-order valence-corrected chi connectivity index (χ3v) is 6.27. The number of nitrogens with zero attached hydrogens (tertiary/aromatic N) is 5. The van der Waals surface area contributed by atoms with Gasteiger partial charge in [0, 0.05) is 23.0 Å². The van der Waals surface area contributed by atoms with E-state index < -0.39 is 0 Å². The van der Waals surface area contributed by atoms with E-state index in [-0.39, 0.29) is 0 Å². The Labute approximate surface area is 164 Å². The van der Waals surface area contributed by atoms with Gasteiger partial charge in [-0.25, -0.2) is 0 Å². The second kappa shape index (κ2) is 7.92. The summed E-state index contributed by atoms with van der Waals surface area (Å²) >= 11 is 5.01. The summed E-state index contributed by atoms with van der Waals surface area (Å²) < 4.78 is 8.53. The lowest BCUT2D eigenvalue weighted by Crippen LogP contribution is -2.10. The van der Waals surface area contributed by atoms with Gasteiger partial charge in [-0.15, -0.1) is 10.2 Å². The number of aromatic nitrogens is 5. The molecule has 1 aliphatic rings.